The highest BCUT2D eigenvalue weighted by Gasteiger charge is 1.99. The summed E-state index contributed by atoms with van der Waals surface area (Å²) in [5.74, 6) is 0. The standard InChI is InChI=1S/C11H14N2O/c1-13(7-2-8-14)11-5-3-10(9-12)4-6-11/h3-6,14H,2,7-8H2,1H3. The van der Waals surface area contributed by atoms with E-state index in [0.29, 0.717) is 5.56 Å². The molecule has 3 heteroatoms. The van der Waals surface area contributed by atoms with Gasteiger partial charge in [0.2, 0.25) is 0 Å². The number of aliphatic hydroxyl groups is 1. The second-order valence-electron chi connectivity index (χ2n) is 3.16. The van der Waals surface area contributed by atoms with Crippen LogP contribution >= 0.6 is 0 Å². The minimum absolute atomic E-state index is 0.209. The molecular weight excluding hydrogens is 176 g/mol. The number of anilines is 1. The monoisotopic (exact) mass is 190 g/mol. The van der Waals surface area contributed by atoms with Crippen LogP contribution in [0.1, 0.15) is 12.0 Å². The zero-order chi connectivity index (χ0) is 10.4. The van der Waals surface area contributed by atoms with Gasteiger partial charge >= 0.3 is 0 Å². The third-order valence-corrected chi connectivity index (χ3v) is 2.09. The molecule has 0 saturated carbocycles. The zero-order valence-electron chi connectivity index (χ0n) is 8.27. The first-order valence-electron chi connectivity index (χ1n) is 4.60. The molecule has 74 valence electrons. The maximum Gasteiger partial charge on any atom is 0.0991 e. The highest BCUT2D eigenvalue weighted by Crippen LogP contribution is 2.13. The Morgan fingerprint density at radius 3 is 2.50 bits per heavy atom. The van der Waals surface area contributed by atoms with E-state index in [1.807, 2.05) is 19.2 Å². The van der Waals surface area contributed by atoms with Crippen molar-refractivity contribution in [1.82, 2.24) is 0 Å². The molecule has 0 heterocycles. The van der Waals surface area contributed by atoms with E-state index in [1.165, 1.54) is 0 Å². The van der Waals surface area contributed by atoms with Gasteiger partial charge in [0.1, 0.15) is 0 Å². The van der Waals surface area contributed by atoms with Gasteiger partial charge in [-0.05, 0) is 30.7 Å². The van der Waals surface area contributed by atoms with Crippen molar-refractivity contribution in [2.24, 2.45) is 0 Å². The van der Waals surface area contributed by atoms with Crippen molar-refractivity contribution in [1.29, 1.82) is 5.26 Å². The number of nitrogens with zero attached hydrogens (tertiary/aromatic N) is 2. The Kier molecular flexibility index (Phi) is 3.96. The quantitative estimate of drug-likeness (QED) is 0.780. The first-order chi connectivity index (χ1) is 6.77. The second-order valence-corrected chi connectivity index (χ2v) is 3.16. The number of aliphatic hydroxyl groups excluding tert-OH is 1. The molecule has 0 aromatic heterocycles. The summed E-state index contributed by atoms with van der Waals surface area (Å²) in [5.41, 5.74) is 1.74. The lowest BCUT2D eigenvalue weighted by molar-refractivity contribution is 0.290. The van der Waals surface area contributed by atoms with Crippen LogP contribution in [0.4, 0.5) is 5.69 Å². The molecule has 0 spiro atoms. The van der Waals surface area contributed by atoms with Gasteiger partial charge < -0.3 is 10.0 Å². The summed E-state index contributed by atoms with van der Waals surface area (Å²) in [6, 6.07) is 9.50. The summed E-state index contributed by atoms with van der Waals surface area (Å²) >= 11 is 0. The normalized spacial score (nSPS) is 9.50. The Morgan fingerprint density at radius 2 is 2.00 bits per heavy atom. The largest absolute Gasteiger partial charge is 0.396 e. The molecule has 1 N–H and O–H groups in total. The number of benzene rings is 1. The molecule has 0 saturated heterocycles. The van der Waals surface area contributed by atoms with Crippen molar-refractivity contribution in [2.75, 3.05) is 25.1 Å². The molecule has 0 aliphatic rings. The molecule has 0 bridgehead atoms. The smallest absolute Gasteiger partial charge is 0.0991 e. The van der Waals surface area contributed by atoms with Crippen molar-refractivity contribution < 1.29 is 5.11 Å². The Hall–Kier alpha value is -1.53. The van der Waals surface area contributed by atoms with Gasteiger partial charge in [-0.1, -0.05) is 0 Å². The van der Waals surface area contributed by atoms with E-state index in [9.17, 15) is 0 Å². The maximum absolute atomic E-state index is 8.67. The Morgan fingerprint density at radius 1 is 1.36 bits per heavy atom. The van der Waals surface area contributed by atoms with Crippen LogP contribution in [-0.4, -0.2) is 25.3 Å². The molecule has 0 amide bonds. The van der Waals surface area contributed by atoms with Gasteiger partial charge in [-0.3, -0.25) is 0 Å². The minimum atomic E-state index is 0.209. The van der Waals surface area contributed by atoms with Crippen LogP contribution in [0.25, 0.3) is 0 Å². The van der Waals surface area contributed by atoms with Crippen molar-refractivity contribution in [3.63, 3.8) is 0 Å². The lowest BCUT2D eigenvalue weighted by atomic mass is 10.2. The van der Waals surface area contributed by atoms with Gasteiger partial charge in [0, 0.05) is 25.9 Å². The Bertz CT molecular complexity index is 313. The predicted octanol–water partition coefficient (Wildman–Crippen LogP) is 1.38. The molecule has 0 atom stereocenters. The molecule has 14 heavy (non-hydrogen) atoms. The Labute approximate surface area is 84.2 Å². The fourth-order valence-corrected chi connectivity index (χ4v) is 1.23. The summed E-state index contributed by atoms with van der Waals surface area (Å²) < 4.78 is 0. The van der Waals surface area contributed by atoms with Gasteiger partial charge in [0.15, 0.2) is 0 Å². The van der Waals surface area contributed by atoms with Crippen molar-refractivity contribution >= 4 is 5.69 Å². The summed E-state index contributed by atoms with van der Waals surface area (Å²) in [5, 5.41) is 17.3. The summed E-state index contributed by atoms with van der Waals surface area (Å²) in [4.78, 5) is 2.05. The molecule has 0 aliphatic carbocycles. The average Bonchev–Trinajstić information content (AvgIpc) is 2.26. The van der Waals surface area contributed by atoms with Crippen LogP contribution < -0.4 is 4.90 Å². The third kappa shape index (κ3) is 2.75. The molecular formula is C11H14N2O. The fourth-order valence-electron chi connectivity index (χ4n) is 1.23. The number of hydrogen-bond donors (Lipinski definition) is 1. The van der Waals surface area contributed by atoms with Crippen LogP contribution in [0.15, 0.2) is 24.3 Å². The third-order valence-electron chi connectivity index (χ3n) is 2.09. The average molecular weight is 190 g/mol. The van der Waals surface area contributed by atoms with Crippen molar-refractivity contribution in [2.45, 2.75) is 6.42 Å². The molecule has 1 rings (SSSR count). The van der Waals surface area contributed by atoms with E-state index >= 15 is 0 Å². The maximum atomic E-state index is 8.67. The van der Waals surface area contributed by atoms with Crippen LogP contribution in [0.2, 0.25) is 0 Å². The van der Waals surface area contributed by atoms with E-state index in [0.717, 1.165) is 18.7 Å². The highest BCUT2D eigenvalue weighted by molar-refractivity contribution is 5.48. The fraction of sp³-hybridized carbons (Fsp3) is 0.364. The number of hydrogen-bond acceptors (Lipinski definition) is 3. The molecule has 0 aliphatic heterocycles. The lowest BCUT2D eigenvalue weighted by Crippen LogP contribution is -2.19. The van der Waals surface area contributed by atoms with E-state index in [2.05, 4.69) is 11.0 Å². The SMILES string of the molecule is CN(CCCO)c1ccc(C#N)cc1. The van der Waals surface area contributed by atoms with Crippen LogP contribution in [0.3, 0.4) is 0 Å². The molecule has 0 fully saturated rings. The molecule has 1 aromatic carbocycles. The van der Waals surface area contributed by atoms with E-state index in [1.54, 1.807) is 12.1 Å². The zero-order valence-corrected chi connectivity index (χ0v) is 8.27. The molecule has 3 nitrogen and oxygen atoms in total. The van der Waals surface area contributed by atoms with Gasteiger partial charge in [0.05, 0.1) is 11.6 Å². The van der Waals surface area contributed by atoms with E-state index < -0.39 is 0 Å². The first kappa shape index (κ1) is 10.6. The van der Waals surface area contributed by atoms with Crippen LogP contribution in [0, 0.1) is 11.3 Å². The topological polar surface area (TPSA) is 47.3 Å². The molecule has 1 aromatic rings. The van der Waals surface area contributed by atoms with E-state index in [-0.39, 0.29) is 6.61 Å². The van der Waals surface area contributed by atoms with Gasteiger partial charge in [-0.15, -0.1) is 0 Å². The molecule has 0 radical (unpaired) electrons. The summed E-state index contributed by atoms with van der Waals surface area (Å²) in [6.45, 7) is 1.03. The molecule has 0 unspecified atom stereocenters. The van der Waals surface area contributed by atoms with Gasteiger partial charge in [0.25, 0.3) is 0 Å². The van der Waals surface area contributed by atoms with Crippen molar-refractivity contribution in [3.8, 4) is 6.07 Å². The highest BCUT2D eigenvalue weighted by atomic mass is 16.3. The minimum Gasteiger partial charge on any atom is -0.396 e. The van der Waals surface area contributed by atoms with Gasteiger partial charge in [-0.25, -0.2) is 0 Å². The van der Waals surface area contributed by atoms with E-state index in [4.69, 9.17) is 10.4 Å². The number of nitriles is 1. The predicted molar refractivity (Wildman–Crippen MR) is 56.1 cm³/mol. The Balaban J connectivity index is 2.63. The lowest BCUT2D eigenvalue weighted by Gasteiger charge is -2.18. The van der Waals surface area contributed by atoms with Crippen LogP contribution in [-0.2, 0) is 0 Å². The van der Waals surface area contributed by atoms with Crippen LogP contribution in [0.5, 0.6) is 0 Å². The number of rotatable bonds is 4. The second kappa shape index (κ2) is 5.25. The van der Waals surface area contributed by atoms with Gasteiger partial charge in [-0.2, -0.15) is 5.26 Å². The van der Waals surface area contributed by atoms with Crippen molar-refractivity contribution in [3.05, 3.63) is 29.8 Å². The summed E-state index contributed by atoms with van der Waals surface area (Å²) in [7, 11) is 1.97. The summed E-state index contributed by atoms with van der Waals surface area (Å²) in [6.07, 6.45) is 0.760. The first-order valence-corrected chi connectivity index (χ1v) is 4.60.